The van der Waals surface area contributed by atoms with Gasteiger partial charge in [0.25, 0.3) is 5.91 Å². The van der Waals surface area contributed by atoms with E-state index in [4.69, 9.17) is 9.47 Å². The molecule has 0 radical (unpaired) electrons. The van der Waals surface area contributed by atoms with Crippen LogP contribution in [0, 0.1) is 0 Å². The smallest absolute Gasteiger partial charge is 0.251 e. The van der Waals surface area contributed by atoms with Gasteiger partial charge in [-0.2, -0.15) is 0 Å². The SMILES string of the molecule is CCOc1ccc(NCC(=O)Nc2cccc(C(=O)NCCOC)c2)cc1. The number of carbonyl (C=O) groups is 2. The number of ether oxygens (including phenoxy) is 2. The van der Waals surface area contributed by atoms with E-state index >= 15 is 0 Å². The summed E-state index contributed by atoms with van der Waals surface area (Å²) >= 11 is 0. The normalized spacial score (nSPS) is 10.1. The number of carbonyl (C=O) groups excluding carboxylic acids is 2. The van der Waals surface area contributed by atoms with Crippen molar-refractivity contribution in [1.29, 1.82) is 0 Å². The van der Waals surface area contributed by atoms with Crippen LogP contribution in [0.3, 0.4) is 0 Å². The van der Waals surface area contributed by atoms with Crippen LogP contribution >= 0.6 is 0 Å². The third-order valence-corrected chi connectivity index (χ3v) is 3.62. The first-order valence-corrected chi connectivity index (χ1v) is 8.76. The molecular formula is C20H25N3O4. The predicted molar refractivity (Wildman–Crippen MR) is 105 cm³/mol. The minimum absolute atomic E-state index is 0.109. The Morgan fingerprint density at radius 1 is 1.04 bits per heavy atom. The number of anilines is 2. The van der Waals surface area contributed by atoms with Gasteiger partial charge in [0.1, 0.15) is 5.75 Å². The number of amides is 2. The summed E-state index contributed by atoms with van der Waals surface area (Å²) in [6.45, 7) is 3.52. The fraction of sp³-hybridized carbons (Fsp3) is 0.300. The van der Waals surface area contributed by atoms with Crippen molar-refractivity contribution in [1.82, 2.24) is 5.32 Å². The van der Waals surface area contributed by atoms with E-state index in [9.17, 15) is 9.59 Å². The average Bonchev–Trinajstić information content (AvgIpc) is 2.68. The van der Waals surface area contributed by atoms with Gasteiger partial charge in [0.15, 0.2) is 0 Å². The average molecular weight is 371 g/mol. The first-order valence-electron chi connectivity index (χ1n) is 8.76. The molecule has 7 heteroatoms. The lowest BCUT2D eigenvalue weighted by Crippen LogP contribution is -2.27. The van der Waals surface area contributed by atoms with E-state index in [1.807, 2.05) is 31.2 Å². The monoisotopic (exact) mass is 371 g/mol. The largest absolute Gasteiger partial charge is 0.494 e. The summed E-state index contributed by atoms with van der Waals surface area (Å²) in [5, 5.41) is 8.56. The van der Waals surface area contributed by atoms with Crippen LogP contribution in [-0.4, -0.2) is 45.2 Å². The zero-order valence-corrected chi connectivity index (χ0v) is 15.6. The Bertz CT molecular complexity index is 747. The number of hydrogen-bond acceptors (Lipinski definition) is 5. The van der Waals surface area contributed by atoms with Crippen LogP contribution in [-0.2, 0) is 9.53 Å². The molecule has 0 aromatic heterocycles. The molecule has 0 heterocycles. The number of rotatable bonds is 10. The molecule has 0 atom stereocenters. The first kappa shape index (κ1) is 20.3. The highest BCUT2D eigenvalue weighted by Crippen LogP contribution is 2.15. The molecule has 0 unspecified atom stereocenters. The number of hydrogen-bond donors (Lipinski definition) is 3. The molecule has 2 aromatic rings. The van der Waals surface area contributed by atoms with Gasteiger partial charge in [-0.05, 0) is 49.4 Å². The standard InChI is InChI=1S/C20H25N3O4/c1-3-27-18-9-7-16(8-10-18)22-14-19(24)23-17-6-4-5-15(13-17)20(25)21-11-12-26-2/h4-10,13,22H,3,11-12,14H2,1-2H3,(H,21,25)(H,23,24). The Morgan fingerprint density at radius 3 is 2.52 bits per heavy atom. The molecule has 0 spiro atoms. The lowest BCUT2D eigenvalue weighted by atomic mass is 10.2. The highest BCUT2D eigenvalue weighted by molar-refractivity contribution is 5.98. The number of methoxy groups -OCH3 is 1. The van der Waals surface area contributed by atoms with Crippen LogP contribution in [0.2, 0.25) is 0 Å². The van der Waals surface area contributed by atoms with E-state index in [-0.39, 0.29) is 18.4 Å². The Labute approximate surface area is 159 Å². The summed E-state index contributed by atoms with van der Waals surface area (Å²) < 4.78 is 10.3. The van der Waals surface area contributed by atoms with Crippen molar-refractivity contribution in [2.75, 3.05) is 44.0 Å². The van der Waals surface area contributed by atoms with Crippen molar-refractivity contribution >= 4 is 23.2 Å². The van der Waals surface area contributed by atoms with Gasteiger partial charge in [0.05, 0.1) is 19.8 Å². The zero-order chi connectivity index (χ0) is 19.5. The molecule has 3 N–H and O–H groups in total. The van der Waals surface area contributed by atoms with Crippen LogP contribution in [0.5, 0.6) is 5.75 Å². The summed E-state index contributed by atoms with van der Waals surface area (Å²) in [4.78, 5) is 24.2. The van der Waals surface area contributed by atoms with Gasteiger partial charge in [-0.3, -0.25) is 9.59 Å². The molecular weight excluding hydrogens is 346 g/mol. The van der Waals surface area contributed by atoms with Gasteiger partial charge in [0.2, 0.25) is 5.91 Å². The summed E-state index contributed by atoms with van der Waals surface area (Å²) in [6.07, 6.45) is 0. The molecule has 0 saturated carbocycles. The maximum atomic E-state index is 12.1. The van der Waals surface area contributed by atoms with E-state index in [1.54, 1.807) is 31.4 Å². The van der Waals surface area contributed by atoms with Gasteiger partial charge in [-0.25, -0.2) is 0 Å². The fourth-order valence-electron chi connectivity index (χ4n) is 2.33. The Balaban J connectivity index is 1.84. The molecule has 0 fully saturated rings. The van der Waals surface area contributed by atoms with E-state index in [1.165, 1.54) is 0 Å². The summed E-state index contributed by atoms with van der Waals surface area (Å²) in [5.41, 5.74) is 1.86. The maximum Gasteiger partial charge on any atom is 0.251 e. The molecule has 0 aliphatic heterocycles. The van der Waals surface area contributed by atoms with E-state index in [2.05, 4.69) is 16.0 Å². The third kappa shape index (κ3) is 6.99. The summed E-state index contributed by atoms with van der Waals surface area (Å²) in [6, 6.07) is 14.2. The summed E-state index contributed by atoms with van der Waals surface area (Å²) in [7, 11) is 1.57. The predicted octanol–water partition coefficient (Wildman–Crippen LogP) is 2.51. The molecule has 2 amide bonds. The molecule has 0 aliphatic carbocycles. The van der Waals surface area contributed by atoms with E-state index < -0.39 is 0 Å². The Morgan fingerprint density at radius 2 is 1.81 bits per heavy atom. The maximum absolute atomic E-state index is 12.1. The van der Waals surface area contributed by atoms with Gasteiger partial charge in [0, 0.05) is 30.6 Å². The van der Waals surface area contributed by atoms with Crippen LogP contribution < -0.4 is 20.7 Å². The van der Waals surface area contributed by atoms with Gasteiger partial charge < -0.3 is 25.4 Å². The molecule has 7 nitrogen and oxygen atoms in total. The van der Waals surface area contributed by atoms with Crippen molar-refractivity contribution in [3.63, 3.8) is 0 Å². The highest BCUT2D eigenvalue weighted by atomic mass is 16.5. The second-order valence-corrected chi connectivity index (χ2v) is 5.69. The third-order valence-electron chi connectivity index (χ3n) is 3.62. The lowest BCUT2D eigenvalue weighted by Gasteiger charge is -2.10. The van der Waals surface area contributed by atoms with Crippen LogP contribution in [0.4, 0.5) is 11.4 Å². The van der Waals surface area contributed by atoms with Crippen molar-refractivity contribution in [2.45, 2.75) is 6.92 Å². The van der Waals surface area contributed by atoms with Gasteiger partial charge in [-0.1, -0.05) is 6.07 Å². The summed E-state index contributed by atoms with van der Waals surface area (Å²) in [5.74, 6) is 0.365. The number of benzene rings is 2. The van der Waals surface area contributed by atoms with Crippen molar-refractivity contribution in [3.05, 3.63) is 54.1 Å². The molecule has 2 aromatic carbocycles. The van der Waals surface area contributed by atoms with Gasteiger partial charge in [-0.15, -0.1) is 0 Å². The molecule has 0 saturated heterocycles. The second-order valence-electron chi connectivity index (χ2n) is 5.69. The molecule has 0 bridgehead atoms. The molecule has 27 heavy (non-hydrogen) atoms. The van der Waals surface area contributed by atoms with E-state index in [0.29, 0.717) is 31.0 Å². The van der Waals surface area contributed by atoms with Crippen LogP contribution in [0.1, 0.15) is 17.3 Å². The topological polar surface area (TPSA) is 88.7 Å². The molecule has 2 rings (SSSR count). The fourth-order valence-corrected chi connectivity index (χ4v) is 2.33. The van der Waals surface area contributed by atoms with Crippen molar-refractivity contribution in [3.8, 4) is 5.75 Å². The zero-order valence-electron chi connectivity index (χ0n) is 15.6. The minimum atomic E-state index is -0.212. The highest BCUT2D eigenvalue weighted by Gasteiger charge is 2.08. The van der Waals surface area contributed by atoms with Crippen molar-refractivity contribution < 1.29 is 19.1 Å². The Hall–Kier alpha value is -3.06. The Kier molecular flexibility index (Phi) is 8.12. The van der Waals surface area contributed by atoms with Gasteiger partial charge >= 0.3 is 0 Å². The van der Waals surface area contributed by atoms with Crippen molar-refractivity contribution in [2.24, 2.45) is 0 Å². The first-order chi connectivity index (χ1) is 13.1. The second kappa shape index (κ2) is 10.8. The lowest BCUT2D eigenvalue weighted by molar-refractivity contribution is -0.114. The number of nitrogens with one attached hydrogen (secondary N) is 3. The quantitative estimate of drug-likeness (QED) is 0.559. The van der Waals surface area contributed by atoms with Crippen LogP contribution in [0.15, 0.2) is 48.5 Å². The van der Waals surface area contributed by atoms with E-state index in [0.717, 1.165) is 11.4 Å². The molecule has 144 valence electrons. The molecule has 0 aliphatic rings. The van der Waals surface area contributed by atoms with Crippen LogP contribution in [0.25, 0.3) is 0 Å². The minimum Gasteiger partial charge on any atom is -0.494 e.